The molecule has 0 saturated carbocycles. The van der Waals surface area contributed by atoms with E-state index in [1.807, 2.05) is 37.3 Å². The number of hydrogen-bond donors (Lipinski definition) is 0. The van der Waals surface area contributed by atoms with Gasteiger partial charge in [-0.25, -0.2) is 0 Å². The summed E-state index contributed by atoms with van der Waals surface area (Å²) in [7, 11) is 3.22. The van der Waals surface area contributed by atoms with Gasteiger partial charge in [0.2, 0.25) is 0 Å². The van der Waals surface area contributed by atoms with Gasteiger partial charge >= 0.3 is 0 Å². The molecule has 4 heteroatoms. The first-order valence-electron chi connectivity index (χ1n) is 6.83. The van der Waals surface area contributed by atoms with Gasteiger partial charge < -0.3 is 13.9 Å². The summed E-state index contributed by atoms with van der Waals surface area (Å²) in [5, 5.41) is 10.2. The number of hydrogen-bond acceptors (Lipinski definition) is 4. The van der Waals surface area contributed by atoms with Crippen LogP contribution in [0, 0.1) is 18.3 Å². The lowest BCUT2D eigenvalue weighted by Gasteiger charge is -2.01. The van der Waals surface area contributed by atoms with Crippen LogP contribution in [0.4, 0.5) is 0 Å². The Morgan fingerprint density at radius 1 is 1.00 bits per heavy atom. The van der Waals surface area contributed by atoms with Crippen LogP contribution in [0.5, 0.6) is 11.5 Å². The maximum atomic E-state index is 9.31. The Hall–Kier alpha value is -2.93. The number of fused-ring (bicyclic) bond motifs is 1. The van der Waals surface area contributed by atoms with E-state index in [0.29, 0.717) is 16.9 Å². The number of methoxy groups -OCH3 is 2. The van der Waals surface area contributed by atoms with Crippen molar-refractivity contribution in [1.29, 1.82) is 5.26 Å². The van der Waals surface area contributed by atoms with Crippen LogP contribution >= 0.6 is 0 Å². The van der Waals surface area contributed by atoms with Crippen LogP contribution in [-0.4, -0.2) is 14.2 Å². The molecule has 3 aromatic rings. The second-order valence-electron chi connectivity index (χ2n) is 4.95. The monoisotopic (exact) mass is 293 g/mol. The summed E-state index contributed by atoms with van der Waals surface area (Å²) in [6, 6.07) is 13.4. The molecule has 1 heterocycles. The molecule has 0 aliphatic rings. The molecule has 0 amide bonds. The molecule has 4 nitrogen and oxygen atoms in total. The van der Waals surface area contributed by atoms with E-state index in [9.17, 15) is 5.26 Å². The zero-order valence-corrected chi connectivity index (χ0v) is 12.6. The van der Waals surface area contributed by atoms with Crippen LogP contribution in [0.15, 0.2) is 40.8 Å². The van der Waals surface area contributed by atoms with E-state index in [1.165, 1.54) is 0 Å². The molecule has 0 aliphatic carbocycles. The highest BCUT2D eigenvalue weighted by molar-refractivity contribution is 5.92. The first kappa shape index (κ1) is 14.0. The minimum absolute atomic E-state index is 0.470. The molecule has 22 heavy (non-hydrogen) atoms. The van der Waals surface area contributed by atoms with Gasteiger partial charge in [0.1, 0.15) is 23.3 Å². The third kappa shape index (κ3) is 2.17. The van der Waals surface area contributed by atoms with Crippen molar-refractivity contribution in [3.63, 3.8) is 0 Å². The van der Waals surface area contributed by atoms with E-state index < -0.39 is 0 Å². The van der Waals surface area contributed by atoms with Gasteiger partial charge in [-0.15, -0.1) is 0 Å². The van der Waals surface area contributed by atoms with E-state index in [4.69, 9.17) is 13.9 Å². The topological polar surface area (TPSA) is 55.4 Å². The quantitative estimate of drug-likeness (QED) is 0.722. The van der Waals surface area contributed by atoms with Gasteiger partial charge in [-0.3, -0.25) is 0 Å². The average molecular weight is 293 g/mol. The standard InChI is InChI=1S/C18H15NO3/c1-11-16-9-15(21-3)8-13(10-19)18(16)22-17(11)12-4-6-14(20-2)7-5-12/h4-9H,1-3H3. The number of nitrogens with zero attached hydrogens (tertiary/aromatic N) is 1. The van der Waals surface area contributed by atoms with Gasteiger partial charge in [0, 0.05) is 22.6 Å². The van der Waals surface area contributed by atoms with Crippen molar-refractivity contribution in [2.75, 3.05) is 14.2 Å². The number of furan rings is 1. The fourth-order valence-electron chi connectivity index (χ4n) is 2.51. The summed E-state index contributed by atoms with van der Waals surface area (Å²) in [4.78, 5) is 0. The van der Waals surface area contributed by atoms with Crippen LogP contribution in [0.3, 0.4) is 0 Å². The van der Waals surface area contributed by atoms with Gasteiger partial charge in [0.05, 0.1) is 19.8 Å². The zero-order valence-electron chi connectivity index (χ0n) is 12.6. The smallest absolute Gasteiger partial charge is 0.153 e. The minimum Gasteiger partial charge on any atom is -0.497 e. The summed E-state index contributed by atoms with van der Waals surface area (Å²) in [5.41, 5.74) is 2.98. The Kier molecular flexibility index (Phi) is 3.48. The number of nitriles is 1. The summed E-state index contributed by atoms with van der Waals surface area (Å²) < 4.78 is 16.4. The number of benzene rings is 2. The van der Waals surface area contributed by atoms with Crippen molar-refractivity contribution >= 4 is 11.0 Å². The highest BCUT2D eigenvalue weighted by atomic mass is 16.5. The largest absolute Gasteiger partial charge is 0.497 e. The SMILES string of the molecule is COc1ccc(-c2oc3c(C#N)cc(OC)cc3c2C)cc1. The molecule has 3 rings (SSSR count). The molecule has 0 unspecified atom stereocenters. The number of ether oxygens (including phenoxy) is 2. The predicted molar refractivity (Wildman–Crippen MR) is 84.2 cm³/mol. The molecule has 0 N–H and O–H groups in total. The average Bonchev–Trinajstić information content (AvgIpc) is 2.91. The second-order valence-corrected chi connectivity index (χ2v) is 4.95. The molecule has 0 saturated heterocycles. The molecule has 0 bridgehead atoms. The molecule has 0 fully saturated rings. The first-order valence-corrected chi connectivity index (χ1v) is 6.83. The summed E-state index contributed by atoms with van der Waals surface area (Å²) in [6.07, 6.45) is 0. The predicted octanol–water partition coefficient (Wildman–Crippen LogP) is 4.30. The van der Waals surface area contributed by atoms with E-state index in [1.54, 1.807) is 20.3 Å². The molecule has 0 atom stereocenters. The zero-order chi connectivity index (χ0) is 15.7. The fraction of sp³-hybridized carbons (Fsp3) is 0.167. The summed E-state index contributed by atoms with van der Waals surface area (Å²) in [5.74, 6) is 2.19. The van der Waals surface area contributed by atoms with Crippen molar-refractivity contribution in [1.82, 2.24) is 0 Å². The van der Waals surface area contributed by atoms with E-state index in [-0.39, 0.29) is 0 Å². The number of rotatable bonds is 3. The first-order chi connectivity index (χ1) is 10.7. The van der Waals surface area contributed by atoms with Gasteiger partial charge in [-0.05, 0) is 37.3 Å². The van der Waals surface area contributed by atoms with Gasteiger partial charge in [0.25, 0.3) is 0 Å². The normalized spacial score (nSPS) is 10.5. The number of aryl methyl sites for hydroxylation is 1. The Bertz CT molecular complexity index is 870. The van der Waals surface area contributed by atoms with Gasteiger partial charge in [0.15, 0.2) is 5.58 Å². The third-order valence-electron chi connectivity index (χ3n) is 3.72. The van der Waals surface area contributed by atoms with E-state index in [2.05, 4.69) is 6.07 Å². The van der Waals surface area contributed by atoms with Gasteiger partial charge in [-0.2, -0.15) is 5.26 Å². The molecule has 0 aliphatic heterocycles. The Balaban J connectivity index is 2.22. The maximum absolute atomic E-state index is 9.31. The Morgan fingerprint density at radius 3 is 2.27 bits per heavy atom. The van der Waals surface area contributed by atoms with Crippen molar-refractivity contribution < 1.29 is 13.9 Å². The van der Waals surface area contributed by atoms with Crippen LogP contribution in [-0.2, 0) is 0 Å². The highest BCUT2D eigenvalue weighted by Crippen LogP contribution is 2.37. The maximum Gasteiger partial charge on any atom is 0.153 e. The highest BCUT2D eigenvalue weighted by Gasteiger charge is 2.16. The lowest BCUT2D eigenvalue weighted by Crippen LogP contribution is -1.85. The van der Waals surface area contributed by atoms with Crippen LogP contribution in [0.1, 0.15) is 11.1 Å². The molecule has 0 spiro atoms. The van der Waals surface area contributed by atoms with Crippen molar-refractivity contribution in [2.45, 2.75) is 6.92 Å². The summed E-state index contributed by atoms with van der Waals surface area (Å²) in [6.45, 7) is 1.98. The molecule has 110 valence electrons. The van der Waals surface area contributed by atoms with Crippen molar-refractivity contribution in [2.24, 2.45) is 0 Å². The van der Waals surface area contributed by atoms with E-state index >= 15 is 0 Å². The van der Waals surface area contributed by atoms with E-state index in [0.717, 1.165) is 28.0 Å². The van der Waals surface area contributed by atoms with Gasteiger partial charge in [-0.1, -0.05) is 0 Å². The Labute approximate surface area is 128 Å². The van der Waals surface area contributed by atoms with Crippen molar-refractivity contribution in [3.8, 4) is 28.9 Å². The van der Waals surface area contributed by atoms with Crippen LogP contribution < -0.4 is 9.47 Å². The van der Waals surface area contributed by atoms with Crippen LogP contribution in [0.25, 0.3) is 22.3 Å². The fourth-order valence-corrected chi connectivity index (χ4v) is 2.51. The van der Waals surface area contributed by atoms with Crippen molar-refractivity contribution in [3.05, 3.63) is 47.5 Å². The Morgan fingerprint density at radius 2 is 1.68 bits per heavy atom. The molecule has 0 radical (unpaired) electrons. The second kappa shape index (κ2) is 5.45. The lowest BCUT2D eigenvalue weighted by molar-refractivity contribution is 0.414. The molecule has 2 aromatic carbocycles. The third-order valence-corrected chi connectivity index (χ3v) is 3.72. The molecular formula is C18H15NO3. The molecule has 1 aromatic heterocycles. The molecular weight excluding hydrogens is 278 g/mol. The summed E-state index contributed by atoms with van der Waals surface area (Å²) >= 11 is 0. The minimum atomic E-state index is 0.470. The lowest BCUT2D eigenvalue weighted by atomic mass is 10.1. The van der Waals surface area contributed by atoms with Crippen LogP contribution in [0.2, 0.25) is 0 Å².